The van der Waals surface area contributed by atoms with Gasteiger partial charge in [-0.15, -0.1) is 0 Å². The fourth-order valence-electron chi connectivity index (χ4n) is 10.1. The molecule has 12 rings (SSSR count). The van der Waals surface area contributed by atoms with Crippen molar-refractivity contribution in [3.63, 3.8) is 0 Å². The first-order chi connectivity index (χ1) is 38.0. The van der Waals surface area contributed by atoms with E-state index in [-0.39, 0.29) is 0 Å². The predicted molar refractivity (Wildman–Crippen MR) is 309 cm³/mol. The molecule has 2 aromatic heterocycles. The Hall–Kier alpha value is -11.4. The van der Waals surface area contributed by atoms with Crippen molar-refractivity contribution in [2.45, 2.75) is 0 Å². The van der Waals surface area contributed by atoms with Crippen molar-refractivity contribution >= 4 is 67.3 Å². The zero-order chi connectivity index (χ0) is 52.2. The Morgan fingerprint density at radius 3 is 1.23 bits per heavy atom. The summed E-state index contributed by atoms with van der Waals surface area (Å²) in [6.45, 7) is 15.2. The van der Waals surface area contributed by atoms with Crippen molar-refractivity contribution in [2.24, 2.45) is 0 Å². The van der Waals surface area contributed by atoms with Gasteiger partial charge in [0.05, 0.1) is 58.8 Å². The number of para-hydroxylation sites is 4. The molecule has 0 amide bonds. The molecule has 0 unspecified atom stereocenters. The highest BCUT2D eigenvalue weighted by Crippen LogP contribution is 2.44. The van der Waals surface area contributed by atoms with E-state index >= 15 is 0 Å². The Balaban J connectivity index is 1.00. The van der Waals surface area contributed by atoms with E-state index in [1.54, 1.807) is 24.3 Å². The summed E-state index contributed by atoms with van der Waals surface area (Å²) in [6, 6.07) is 87.0. The molecule has 0 saturated heterocycles. The Morgan fingerprint density at radius 2 is 0.792 bits per heavy atom. The summed E-state index contributed by atoms with van der Waals surface area (Å²) >= 11 is 0. The van der Waals surface area contributed by atoms with Crippen molar-refractivity contribution in [3.8, 4) is 62.9 Å². The van der Waals surface area contributed by atoms with Gasteiger partial charge < -0.3 is 14.4 Å². The third-order valence-electron chi connectivity index (χ3n) is 13.6. The normalized spacial score (nSPS) is 10.8. The van der Waals surface area contributed by atoms with Crippen LogP contribution < -0.4 is 9.80 Å². The number of fused-ring (bicyclic) bond motifs is 3. The van der Waals surface area contributed by atoms with Crippen LogP contribution in [0.1, 0.15) is 11.1 Å². The van der Waals surface area contributed by atoms with E-state index in [2.05, 4.69) is 121 Å². The van der Waals surface area contributed by atoms with E-state index in [4.69, 9.17) is 23.1 Å². The first-order valence-electron chi connectivity index (χ1n) is 24.8. The highest BCUT2D eigenvalue weighted by molar-refractivity contribution is 6.12. The third kappa shape index (κ3) is 8.92. The minimum atomic E-state index is 0.347. The van der Waals surface area contributed by atoms with Gasteiger partial charge in [-0.25, -0.2) is 19.7 Å². The Morgan fingerprint density at radius 1 is 0.377 bits per heavy atom. The van der Waals surface area contributed by atoms with Crippen LogP contribution in [0.25, 0.3) is 82.2 Å². The highest BCUT2D eigenvalue weighted by atomic mass is 15.1. The van der Waals surface area contributed by atoms with E-state index in [9.17, 15) is 10.5 Å². The van der Waals surface area contributed by atoms with Gasteiger partial charge >= 0.3 is 0 Å². The molecule has 0 saturated carbocycles. The summed E-state index contributed by atoms with van der Waals surface area (Å²) in [5.74, 6) is 0.432. The van der Waals surface area contributed by atoms with Crippen LogP contribution in [0, 0.1) is 35.8 Å². The van der Waals surface area contributed by atoms with Crippen molar-refractivity contribution < 1.29 is 0 Å². The summed E-state index contributed by atoms with van der Waals surface area (Å²) in [5.41, 5.74) is 14.8. The van der Waals surface area contributed by atoms with Gasteiger partial charge in [0, 0.05) is 67.3 Å². The molecule has 9 nitrogen and oxygen atoms in total. The fraction of sp³-hybridized carbons (Fsp3) is 0. The minimum Gasteiger partial charge on any atom is -0.310 e. The van der Waals surface area contributed by atoms with Crippen molar-refractivity contribution in [1.82, 2.24) is 14.5 Å². The molecule has 10 aromatic carbocycles. The maximum atomic E-state index is 11.0. The number of nitrogens with zero attached hydrogens (tertiary/aromatic N) is 9. The quantitative estimate of drug-likeness (QED) is 0.120. The largest absolute Gasteiger partial charge is 0.310 e. The van der Waals surface area contributed by atoms with Gasteiger partial charge in [0.1, 0.15) is 0 Å². The lowest BCUT2D eigenvalue weighted by atomic mass is 9.93. The zero-order valence-corrected chi connectivity index (χ0v) is 41.2. The first-order valence-corrected chi connectivity index (χ1v) is 24.8. The number of benzene rings is 10. The second-order valence-corrected chi connectivity index (χ2v) is 18.3. The number of anilines is 6. The van der Waals surface area contributed by atoms with E-state index < -0.39 is 0 Å². The maximum Gasteiger partial charge on any atom is 0.187 e. The van der Waals surface area contributed by atoms with Gasteiger partial charge in [-0.1, -0.05) is 133 Å². The molecule has 0 N–H and O–H groups in total. The van der Waals surface area contributed by atoms with Crippen molar-refractivity contribution in [1.29, 1.82) is 10.5 Å². The molecule has 0 aliphatic carbocycles. The van der Waals surface area contributed by atoms with Crippen LogP contribution >= 0.6 is 0 Å². The summed E-state index contributed by atoms with van der Waals surface area (Å²) in [7, 11) is 0. The molecular formula is C68H41N9. The zero-order valence-electron chi connectivity index (χ0n) is 41.2. The monoisotopic (exact) mass is 983 g/mol. The van der Waals surface area contributed by atoms with Crippen LogP contribution in [0.2, 0.25) is 0 Å². The highest BCUT2D eigenvalue weighted by Gasteiger charge is 2.23. The average molecular weight is 984 g/mol. The number of hydrogen-bond acceptors (Lipinski definition) is 6. The van der Waals surface area contributed by atoms with E-state index in [0.29, 0.717) is 62.1 Å². The standard InChI is InChI=1S/C68H41N9/c1-71-52-19-15-17-48(37-52)64-43-63(73-68(74-64)49-18-16-20-53(38-49)72-2)46-29-31-47(32-30-46)67-50(44-69)39-60(40-51(67)45-70)77-65-35-33-58(75(54-21-7-3-8-22-54)55-23-9-4-10-24-55)41-61(65)62-42-59(34-36-66(62)77)76(56-25-11-5-12-26-56)57-27-13-6-14-28-57/h3-43H. The molecule has 0 aliphatic rings. The van der Waals surface area contributed by atoms with E-state index in [1.807, 2.05) is 140 Å². The number of rotatable bonds is 11. The molecule has 0 spiro atoms. The first kappa shape index (κ1) is 46.7. The molecule has 0 fully saturated rings. The molecule has 77 heavy (non-hydrogen) atoms. The third-order valence-corrected chi connectivity index (χ3v) is 13.6. The molecule has 12 aromatic rings. The predicted octanol–water partition coefficient (Wildman–Crippen LogP) is 18.0. The van der Waals surface area contributed by atoms with E-state index in [1.165, 1.54) is 0 Å². The smallest absolute Gasteiger partial charge is 0.187 e. The van der Waals surface area contributed by atoms with Gasteiger partial charge in [0.25, 0.3) is 0 Å². The van der Waals surface area contributed by atoms with Gasteiger partial charge in [0.15, 0.2) is 17.2 Å². The summed E-state index contributed by atoms with van der Waals surface area (Å²) in [4.78, 5) is 21.6. The fourth-order valence-corrected chi connectivity index (χ4v) is 10.1. The average Bonchev–Trinajstić information content (AvgIpc) is 3.89. The SMILES string of the molecule is [C-]#[N+]c1cccc(-c2cc(-c3ccc(-c4c(C#N)cc(-n5c6ccc(N(c7ccccc7)c7ccccc7)cc6c6cc(N(c7ccccc7)c7ccccc7)ccc65)cc4C#N)cc3)nc(-c3cccc([N+]#[C-])c3)n2)c1. The maximum absolute atomic E-state index is 11.0. The molecule has 0 bridgehead atoms. The lowest BCUT2D eigenvalue weighted by Gasteiger charge is -2.26. The van der Waals surface area contributed by atoms with Crippen LogP contribution in [0.5, 0.6) is 0 Å². The second-order valence-electron chi connectivity index (χ2n) is 18.3. The van der Waals surface area contributed by atoms with Crippen LogP contribution in [0.4, 0.5) is 45.5 Å². The summed E-state index contributed by atoms with van der Waals surface area (Å²) < 4.78 is 2.16. The van der Waals surface area contributed by atoms with Crippen molar-refractivity contribution in [2.75, 3.05) is 9.80 Å². The van der Waals surface area contributed by atoms with Crippen LogP contribution in [-0.2, 0) is 0 Å². The minimum absolute atomic E-state index is 0.347. The Bertz CT molecular complexity index is 4040. The number of nitriles is 2. The summed E-state index contributed by atoms with van der Waals surface area (Å²) in [6.07, 6.45) is 0. The van der Waals surface area contributed by atoms with Gasteiger partial charge in [-0.2, -0.15) is 10.5 Å². The molecule has 9 heteroatoms. The Kier molecular flexibility index (Phi) is 12.3. The molecular weight excluding hydrogens is 943 g/mol. The molecule has 2 heterocycles. The molecule has 0 aliphatic heterocycles. The van der Waals surface area contributed by atoms with Gasteiger partial charge in [-0.3, -0.25) is 0 Å². The molecule has 358 valence electrons. The topological polar surface area (TPSA) is 93.5 Å². The number of aromatic nitrogens is 3. The lowest BCUT2D eigenvalue weighted by molar-refractivity contribution is 1.17. The van der Waals surface area contributed by atoms with Gasteiger partial charge in [-0.05, 0) is 126 Å². The van der Waals surface area contributed by atoms with Crippen LogP contribution in [-0.4, -0.2) is 14.5 Å². The van der Waals surface area contributed by atoms with Crippen molar-refractivity contribution in [3.05, 3.63) is 283 Å². The molecule has 0 atom stereocenters. The second kappa shape index (κ2) is 20.3. The molecule has 0 radical (unpaired) electrons. The van der Waals surface area contributed by atoms with Gasteiger partial charge in [0.2, 0.25) is 0 Å². The van der Waals surface area contributed by atoms with E-state index in [0.717, 1.165) is 67.1 Å². The van der Waals surface area contributed by atoms with Crippen LogP contribution in [0.15, 0.2) is 249 Å². The number of hydrogen-bond donors (Lipinski definition) is 0. The lowest BCUT2D eigenvalue weighted by Crippen LogP contribution is -2.09. The summed E-state index contributed by atoms with van der Waals surface area (Å²) in [5, 5.41) is 24.0. The van der Waals surface area contributed by atoms with Crippen LogP contribution in [0.3, 0.4) is 0 Å². The Labute approximate surface area is 445 Å².